The molecule has 0 aromatic heterocycles. The molecule has 4 heteroatoms. The lowest BCUT2D eigenvalue weighted by Gasteiger charge is -2.17. The van der Waals surface area contributed by atoms with E-state index in [1.165, 1.54) is 0 Å². The molecular weight excluding hydrogens is 326 g/mol. The third-order valence-electron chi connectivity index (χ3n) is 4.32. The minimum atomic E-state index is 0.138. The second kappa shape index (κ2) is 8.41. The molecule has 0 aliphatic carbocycles. The van der Waals surface area contributed by atoms with Crippen LogP contribution in [0, 0.1) is 0 Å². The van der Waals surface area contributed by atoms with Gasteiger partial charge in [-0.25, -0.2) is 0 Å². The summed E-state index contributed by atoms with van der Waals surface area (Å²) in [6, 6.07) is 23.1. The van der Waals surface area contributed by atoms with Crippen molar-refractivity contribution in [1.82, 2.24) is 0 Å². The zero-order chi connectivity index (χ0) is 18.4. The molecule has 3 aromatic rings. The van der Waals surface area contributed by atoms with E-state index in [1.54, 1.807) is 13.2 Å². The van der Waals surface area contributed by atoms with Gasteiger partial charge in [-0.2, -0.15) is 0 Å². The maximum atomic E-state index is 9.75. The number of hydrogen-bond acceptors (Lipinski definition) is 4. The first-order chi connectivity index (χ1) is 12.7. The topological polar surface area (TPSA) is 64.7 Å². The second-order valence-electron chi connectivity index (χ2n) is 6.13. The Kier molecular flexibility index (Phi) is 5.77. The van der Waals surface area contributed by atoms with Crippen molar-refractivity contribution in [2.45, 2.75) is 12.3 Å². The number of methoxy groups -OCH3 is 1. The summed E-state index contributed by atoms with van der Waals surface area (Å²) in [6.07, 6.45) is 0.752. The van der Waals surface area contributed by atoms with E-state index in [0.717, 1.165) is 29.0 Å². The molecule has 4 nitrogen and oxygen atoms in total. The minimum Gasteiger partial charge on any atom is -0.504 e. The average Bonchev–Trinajstić information content (AvgIpc) is 2.68. The Labute approximate surface area is 153 Å². The first-order valence-electron chi connectivity index (χ1n) is 8.58. The molecule has 0 saturated carbocycles. The zero-order valence-corrected chi connectivity index (χ0v) is 14.8. The number of phenolic OH excluding ortho intramolecular Hbond substituents is 1. The molecule has 1 unspecified atom stereocenters. The fraction of sp³-hybridized carbons (Fsp3) is 0.182. The molecule has 0 radical (unpaired) electrons. The van der Waals surface area contributed by atoms with Crippen molar-refractivity contribution in [3.63, 3.8) is 0 Å². The molecule has 0 spiro atoms. The van der Waals surface area contributed by atoms with Crippen LogP contribution in [-0.2, 0) is 6.42 Å². The monoisotopic (exact) mass is 349 g/mol. The molecule has 0 heterocycles. The van der Waals surface area contributed by atoms with Crippen LogP contribution in [0.2, 0.25) is 0 Å². The zero-order valence-electron chi connectivity index (χ0n) is 14.8. The Bertz CT molecular complexity index is 849. The second-order valence-corrected chi connectivity index (χ2v) is 6.13. The van der Waals surface area contributed by atoms with E-state index in [1.807, 2.05) is 60.7 Å². The normalized spacial score (nSPS) is 11.8. The van der Waals surface area contributed by atoms with Crippen LogP contribution in [0.3, 0.4) is 0 Å². The van der Waals surface area contributed by atoms with Crippen molar-refractivity contribution in [2.75, 3.05) is 13.7 Å². The lowest BCUT2D eigenvalue weighted by atomic mass is 9.92. The maximum Gasteiger partial charge on any atom is 0.160 e. The number of para-hydroxylation sites is 1. The van der Waals surface area contributed by atoms with Gasteiger partial charge in [-0.15, -0.1) is 0 Å². The van der Waals surface area contributed by atoms with Gasteiger partial charge in [0.05, 0.1) is 7.11 Å². The van der Waals surface area contributed by atoms with Gasteiger partial charge in [0, 0.05) is 5.92 Å². The number of phenols is 1. The SMILES string of the molecule is COc1cc(CC(CN)c2cccc(Oc3ccccc3)c2)ccc1O. The number of nitrogens with two attached hydrogens (primary N) is 1. The lowest BCUT2D eigenvalue weighted by molar-refractivity contribution is 0.373. The third-order valence-corrected chi connectivity index (χ3v) is 4.32. The summed E-state index contributed by atoms with van der Waals surface area (Å²) in [5.74, 6) is 2.34. The molecule has 26 heavy (non-hydrogen) atoms. The summed E-state index contributed by atoms with van der Waals surface area (Å²) >= 11 is 0. The van der Waals surface area contributed by atoms with Gasteiger partial charge in [0.1, 0.15) is 11.5 Å². The van der Waals surface area contributed by atoms with Crippen LogP contribution in [0.25, 0.3) is 0 Å². The van der Waals surface area contributed by atoms with E-state index in [2.05, 4.69) is 6.07 Å². The number of ether oxygens (including phenoxy) is 2. The summed E-state index contributed by atoms with van der Waals surface area (Å²) < 4.78 is 11.1. The molecule has 3 N–H and O–H groups in total. The first-order valence-corrected chi connectivity index (χ1v) is 8.58. The molecule has 3 aromatic carbocycles. The van der Waals surface area contributed by atoms with Gasteiger partial charge in [-0.3, -0.25) is 0 Å². The summed E-state index contributed by atoms with van der Waals surface area (Å²) in [5, 5.41) is 9.75. The van der Waals surface area contributed by atoms with Gasteiger partial charge in [-0.05, 0) is 60.5 Å². The van der Waals surface area contributed by atoms with Crippen LogP contribution < -0.4 is 15.2 Å². The molecule has 3 rings (SSSR count). The summed E-state index contributed by atoms with van der Waals surface area (Å²) in [7, 11) is 1.55. The highest BCUT2D eigenvalue weighted by Crippen LogP contribution is 2.30. The van der Waals surface area contributed by atoms with Gasteiger partial charge >= 0.3 is 0 Å². The van der Waals surface area contributed by atoms with Crippen LogP contribution in [0.15, 0.2) is 72.8 Å². The van der Waals surface area contributed by atoms with E-state index in [9.17, 15) is 5.11 Å². The predicted molar refractivity (Wildman–Crippen MR) is 103 cm³/mol. The molecule has 0 bridgehead atoms. The van der Waals surface area contributed by atoms with Crippen molar-refractivity contribution >= 4 is 0 Å². The maximum absolute atomic E-state index is 9.75. The molecule has 134 valence electrons. The van der Waals surface area contributed by atoms with E-state index < -0.39 is 0 Å². The Morgan fingerprint density at radius 2 is 1.69 bits per heavy atom. The highest BCUT2D eigenvalue weighted by atomic mass is 16.5. The highest BCUT2D eigenvalue weighted by Gasteiger charge is 2.13. The summed E-state index contributed by atoms with van der Waals surface area (Å²) in [5.41, 5.74) is 8.21. The Balaban J connectivity index is 1.78. The van der Waals surface area contributed by atoms with Crippen LogP contribution in [0.4, 0.5) is 0 Å². The first kappa shape index (κ1) is 17.8. The quantitative estimate of drug-likeness (QED) is 0.660. The van der Waals surface area contributed by atoms with Crippen molar-refractivity contribution < 1.29 is 14.6 Å². The van der Waals surface area contributed by atoms with E-state index >= 15 is 0 Å². The molecular formula is C22H23NO3. The molecule has 0 fully saturated rings. The summed E-state index contributed by atoms with van der Waals surface area (Å²) in [4.78, 5) is 0. The number of aromatic hydroxyl groups is 1. The highest BCUT2D eigenvalue weighted by molar-refractivity contribution is 5.43. The number of hydrogen-bond donors (Lipinski definition) is 2. The number of rotatable bonds is 7. The largest absolute Gasteiger partial charge is 0.504 e. The van der Waals surface area contributed by atoms with E-state index in [-0.39, 0.29) is 11.7 Å². The van der Waals surface area contributed by atoms with Gasteiger partial charge in [0.15, 0.2) is 11.5 Å². The van der Waals surface area contributed by atoms with Crippen molar-refractivity contribution in [1.29, 1.82) is 0 Å². The fourth-order valence-corrected chi connectivity index (χ4v) is 2.93. The van der Waals surface area contributed by atoms with Gasteiger partial charge in [-0.1, -0.05) is 36.4 Å². The Hall–Kier alpha value is -2.98. The van der Waals surface area contributed by atoms with E-state index in [4.69, 9.17) is 15.2 Å². The van der Waals surface area contributed by atoms with Gasteiger partial charge in [0.2, 0.25) is 0 Å². The molecule has 0 aliphatic heterocycles. The smallest absolute Gasteiger partial charge is 0.160 e. The van der Waals surface area contributed by atoms with Gasteiger partial charge < -0.3 is 20.3 Å². The fourth-order valence-electron chi connectivity index (χ4n) is 2.93. The molecule has 0 amide bonds. The van der Waals surface area contributed by atoms with Crippen molar-refractivity contribution in [3.8, 4) is 23.0 Å². The van der Waals surface area contributed by atoms with Crippen molar-refractivity contribution in [2.24, 2.45) is 5.73 Å². The van der Waals surface area contributed by atoms with E-state index in [0.29, 0.717) is 12.3 Å². The standard InChI is InChI=1S/C22H23NO3/c1-25-22-13-16(10-11-21(22)24)12-18(15-23)17-6-5-9-20(14-17)26-19-7-3-2-4-8-19/h2-11,13-14,18,24H,12,15,23H2,1H3. The molecule has 0 saturated heterocycles. The van der Waals surface area contributed by atoms with Crippen LogP contribution in [-0.4, -0.2) is 18.8 Å². The van der Waals surface area contributed by atoms with Gasteiger partial charge in [0.25, 0.3) is 0 Å². The molecule has 1 atom stereocenters. The Morgan fingerprint density at radius 1 is 0.923 bits per heavy atom. The minimum absolute atomic E-state index is 0.138. The molecule has 0 aliphatic rings. The van der Waals surface area contributed by atoms with Crippen LogP contribution >= 0.6 is 0 Å². The predicted octanol–water partition coefficient (Wildman–Crippen LogP) is 4.48. The summed E-state index contributed by atoms with van der Waals surface area (Å²) in [6.45, 7) is 0.512. The third kappa shape index (κ3) is 4.35. The lowest BCUT2D eigenvalue weighted by Crippen LogP contribution is -2.15. The van der Waals surface area contributed by atoms with Crippen LogP contribution in [0.1, 0.15) is 17.0 Å². The average molecular weight is 349 g/mol. The number of benzene rings is 3. The van der Waals surface area contributed by atoms with Crippen LogP contribution in [0.5, 0.6) is 23.0 Å². The van der Waals surface area contributed by atoms with Crippen molar-refractivity contribution in [3.05, 3.63) is 83.9 Å². The Morgan fingerprint density at radius 3 is 2.42 bits per heavy atom.